The number of ether oxygens (including phenoxy) is 1. The standard InChI is InChI=1S/C11H6ClFN4O/c12-11-16-5-9(15)10(17-11)18-7-2-1-6(4-14)8(13)3-7/h1-3,5H,15H2. The van der Waals surface area contributed by atoms with Crippen molar-refractivity contribution in [1.29, 1.82) is 5.26 Å². The number of nitrogen functional groups attached to an aromatic ring is 1. The molecule has 0 saturated carbocycles. The molecule has 0 aliphatic heterocycles. The third-order valence-electron chi connectivity index (χ3n) is 2.03. The van der Waals surface area contributed by atoms with Crippen molar-refractivity contribution in [3.63, 3.8) is 0 Å². The van der Waals surface area contributed by atoms with E-state index in [1.54, 1.807) is 6.07 Å². The highest BCUT2D eigenvalue weighted by atomic mass is 35.5. The fourth-order valence-corrected chi connectivity index (χ4v) is 1.32. The molecular weight excluding hydrogens is 259 g/mol. The van der Waals surface area contributed by atoms with Crippen LogP contribution in [-0.2, 0) is 0 Å². The first-order valence-corrected chi connectivity index (χ1v) is 5.13. The van der Waals surface area contributed by atoms with Crippen molar-refractivity contribution >= 4 is 17.3 Å². The van der Waals surface area contributed by atoms with Gasteiger partial charge in [-0.1, -0.05) is 0 Å². The Bertz CT molecular complexity index is 641. The van der Waals surface area contributed by atoms with Gasteiger partial charge in [0, 0.05) is 6.07 Å². The van der Waals surface area contributed by atoms with Gasteiger partial charge >= 0.3 is 0 Å². The molecule has 0 aliphatic rings. The summed E-state index contributed by atoms with van der Waals surface area (Å²) in [5.74, 6) is -0.499. The van der Waals surface area contributed by atoms with Crippen LogP contribution in [-0.4, -0.2) is 9.97 Å². The Labute approximate surface area is 107 Å². The second-order valence-electron chi connectivity index (χ2n) is 3.26. The number of anilines is 1. The van der Waals surface area contributed by atoms with Crippen molar-refractivity contribution in [3.05, 3.63) is 41.1 Å². The molecule has 5 nitrogen and oxygen atoms in total. The summed E-state index contributed by atoms with van der Waals surface area (Å²) in [6.07, 6.45) is 1.28. The van der Waals surface area contributed by atoms with E-state index in [0.717, 1.165) is 6.07 Å². The molecule has 90 valence electrons. The van der Waals surface area contributed by atoms with Crippen LogP contribution in [0.1, 0.15) is 5.56 Å². The molecule has 2 N–H and O–H groups in total. The Morgan fingerprint density at radius 3 is 2.89 bits per heavy atom. The maximum atomic E-state index is 13.3. The van der Waals surface area contributed by atoms with Gasteiger partial charge in [-0.25, -0.2) is 9.37 Å². The van der Waals surface area contributed by atoms with Crippen LogP contribution in [0.3, 0.4) is 0 Å². The molecule has 2 aromatic rings. The summed E-state index contributed by atoms with van der Waals surface area (Å²) in [5, 5.41) is 8.56. The van der Waals surface area contributed by atoms with E-state index in [2.05, 4.69) is 9.97 Å². The predicted molar refractivity (Wildman–Crippen MR) is 62.6 cm³/mol. The Hall–Kier alpha value is -2.39. The molecule has 0 radical (unpaired) electrons. The molecule has 0 atom stereocenters. The van der Waals surface area contributed by atoms with Gasteiger partial charge in [0.15, 0.2) is 0 Å². The van der Waals surface area contributed by atoms with E-state index in [4.69, 9.17) is 27.3 Å². The van der Waals surface area contributed by atoms with E-state index in [9.17, 15) is 4.39 Å². The summed E-state index contributed by atoms with van der Waals surface area (Å²) in [7, 11) is 0. The van der Waals surface area contributed by atoms with Crippen molar-refractivity contribution in [3.8, 4) is 17.7 Å². The molecule has 1 heterocycles. The van der Waals surface area contributed by atoms with E-state index < -0.39 is 5.82 Å². The summed E-state index contributed by atoms with van der Waals surface area (Å²) in [6.45, 7) is 0. The third kappa shape index (κ3) is 2.47. The maximum absolute atomic E-state index is 13.3. The monoisotopic (exact) mass is 264 g/mol. The molecule has 0 aliphatic carbocycles. The zero-order valence-electron chi connectivity index (χ0n) is 8.89. The van der Waals surface area contributed by atoms with Crippen molar-refractivity contribution in [2.24, 2.45) is 0 Å². The van der Waals surface area contributed by atoms with E-state index in [-0.39, 0.29) is 28.2 Å². The van der Waals surface area contributed by atoms with Crippen LogP contribution in [0.25, 0.3) is 0 Å². The van der Waals surface area contributed by atoms with E-state index in [0.29, 0.717) is 0 Å². The van der Waals surface area contributed by atoms with Crippen molar-refractivity contribution in [2.75, 3.05) is 5.73 Å². The minimum Gasteiger partial charge on any atom is -0.437 e. The SMILES string of the molecule is N#Cc1ccc(Oc2nc(Cl)ncc2N)cc1F. The van der Waals surface area contributed by atoms with Crippen LogP contribution in [0.15, 0.2) is 24.4 Å². The minimum absolute atomic E-state index is 0.0270. The van der Waals surface area contributed by atoms with Gasteiger partial charge < -0.3 is 10.5 Å². The Balaban J connectivity index is 2.32. The van der Waals surface area contributed by atoms with Gasteiger partial charge in [0.25, 0.3) is 0 Å². The molecule has 7 heteroatoms. The highest BCUT2D eigenvalue weighted by Crippen LogP contribution is 2.26. The average Bonchev–Trinajstić information content (AvgIpc) is 2.34. The van der Waals surface area contributed by atoms with Crippen molar-refractivity contribution in [2.45, 2.75) is 0 Å². The molecule has 0 amide bonds. The van der Waals surface area contributed by atoms with Gasteiger partial charge in [-0.3, -0.25) is 0 Å². The minimum atomic E-state index is -0.686. The van der Waals surface area contributed by atoms with E-state index in [1.165, 1.54) is 18.3 Å². The quantitative estimate of drug-likeness (QED) is 0.843. The number of nitrogens with zero attached hydrogens (tertiary/aromatic N) is 3. The van der Waals surface area contributed by atoms with Crippen molar-refractivity contribution < 1.29 is 9.13 Å². The maximum Gasteiger partial charge on any atom is 0.247 e. The summed E-state index contributed by atoms with van der Waals surface area (Å²) in [6, 6.07) is 5.49. The first-order chi connectivity index (χ1) is 8.60. The lowest BCUT2D eigenvalue weighted by molar-refractivity contribution is 0.459. The van der Waals surface area contributed by atoms with Gasteiger partial charge in [0.05, 0.1) is 11.8 Å². The normalized spacial score (nSPS) is 9.83. The average molecular weight is 265 g/mol. The van der Waals surface area contributed by atoms with Crippen LogP contribution < -0.4 is 10.5 Å². The molecule has 1 aromatic carbocycles. The second-order valence-corrected chi connectivity index (χ2v) is 3.59. The lowest BCUT2D eigenvalue weighted by Gasteiger charge is -2.07. The van der Waals surface area contributed by atoms with Crippen molar-refractivity contribution in [1.82, 2.24) is 9.97 Å². The first kappa shape index (κ1) is 12.1. The largest absolute Gasteiger partial charge is 0.437 e. The van der Waals surface area contributed by atoms with Crippen LogP contribution in [0.5, 0.6) is 11.6 Å². The predicted octanol–water partition coefficient (Wildman–Crippen LogP) is 2.52. The zero-order chi connectivity index (χ0) is 13.1. The zero-order valence-corrected chi connectivity index (χ0v) is 9.65. The molecule has 0 fully saturated rings. The van der Waals surface area contributed by atoms with Gasteiger partial charge in [0.2, 0.25) is 11.2 Å². The Kier molecular flexibility index (Phi) is 3.26. The van der Waals surface area contributed by atoms with Gasteiger partial charge in [-0.2, -0.15) is 10.2 Å². The number of nitrogens with two attached hydrogens (primary N) is 1. The Morgan fingerprint density at radius 1 is 1.44 bits per heavy atom. The molecule has 18 heavy (non-hydrogen) atoms. The van der Waals surface area contributed by atoms with Crippen LogP contribution in [0.4, 0.5) is 10.1 Å². The lowest BCUT2D eigenvalue weighted by atomic mass is 10.2. The summed E-state index contributed by atoms with van der Waals surface area (Å²) >= 11 is 5.59. The molecule has 0 spiro atoms. The summed E-state index contributed by atoms with van der Waals surface area (Å²) in [5.41, 5.74) is 5.67. The summed E-state index contributed by atoms with van der Waals surface area (Å²) < 4.78 is 18.6. The number of hydrogen-bond donors (Lipinski definition) is 1. The lowest BCUT2D eigenvalue weighted by Crippen LogP contribution is -1.97. The van der Waals surface area contributed by atoms with Crippen LogP contribution in [0, 0.1) is 17.1 Å². The van der Waals surface area contributed by atoms with Gasteiger partial charge in [0.1, 0.15) is 23.3 Å². The van der Waals surface area contributed by atoms with Gasteiger partial charge in [-0.05, 0) is 23.7 Å². The molecule has 0 bridgehead atoms. The first-order valence-electron chi connectivity index (χ1n) is 4.75. The highest BCUT2D eigenvalue weighted by Gasteiger charge is 2.08. The second kappa shape index (κ2) is 4.85. The topological polar surface area (TPSA) is 84.8 Å². The molecule has 2 rings (SSSR count). The number of hydrogen-bond acceptors (Lipinski definition) is 5. The molecular formula is C11H6ClFN4O. The molecule has 1 aromatic heterocycles. The van der Waals surface area contributed by atoms with Crippen LogP contribution in [0.2, 0.25) is 5.28 Å². The highest BCUT2D eigenvalue weighted by molar-refractivity contribution is 6.28. The fraction of sp³-hybridized carbons (Fsp3) is 0. The van der Waals surface area contributed by atoms with E-state index in [1.807, 2.05) is 0 Å². The number of nitriles is 1. The molecule has 0 saturated heterocycles. The Morgan fingerprint density at radius 2 is 2.22 bits per heavy atom. The smallest absolute Gasteiger partial charge is 0.247 e. The van der Waals surface area contributed by atoms with E-state index >= 15 is 0 Å². The molecule has 0 unspecified atom stereocenters. The number of halogens is 2. The number of aromatic nitrogens is 2. The number of benzene rings is 1. The number of rotatable bonds is 2. The summed E-state index contributed by atoms with van der Waals surface area (Å²) in [4.78, 5) is 7.42. The third-order valence-corrected chi connectivity index (χ3v) is 2.21. The van der Waals surface area contributed by atoms with Crippen LogP contribution >= 0.6 is 11.6 Å². The van der Waals surface area contributed by atoms with Gasteiger partial charge in [-0.15, -0.1) is 0 Å². The fourth-order valence-electron chi connectivity index (χ4n) is 1.20.